The van der Waals surface area contributed by atoms with E-state index in [9.17, 15) is 14.4 Å². The highest BCUT2D eigenvalue weighted by Gasteiger charge is 2.26. The van der Waals surface area contributed by atoms with Gasteiger partial charge in [-0.05, 0) is 92.9 Å². The molecule has 1 unspecified atom stereocenters. The van der Waals surface area contributed by atoms with Gasteiger partial charge in [0.25, 0.3) is 5.91 Å². The summed E-state index contributed by atoms with van der Waals surface area (Å²) in [4.78, 5) is 49.2. The third-order valence-electron chi connectivity index (χ3n) is 8.85. The van der Waals surface area contributed by atoms with Crippen LogP contribution in [0.1, 0.15) is 72.5 Å². The van der Waals surface area contributed by atoms with E-state index >= 15 is 0 Å². The Bertz CT molecular complexity index is 1480. The largest absolute Gasteiger partial charge is 0.374 e. The second-order valence-corrected chi connectivity index (χ2v) is 12.0. The van der Waals surface area contributed by atoms with Crippen LogP contribution in [0.4, 0.5) is 23.0 Å². The van der Waals surface area contributed by atoms with Gasteiger partial charge in [0.15, 0.2) is 11.5 Å². The van der Waals surface area contributed by atoms with Crippen molar-refractivity contribution in [2.24, 2.45) is 5.73 Å². The number of nitrogens with two attached hydrogens (primary N) is 1. The van der Waals surface area contributed by atoms with Crippen LogP contribution in [0.15, 0.2) is 54.7 Å². The minimum atomic E-state index is -0.603. The third kappa shape index (κ3) is 7.16. The number of likely N-dealkylation sites (tertiary alicyclic amines) is 1. The van der Waals surface area contributed by atoms with Gasteiger partial charge in [-0.1, -0.05) is 24.3 Å². The number of primary amides is 1. The highest BCUT2D eigenvalue weighted by molar-refractivity contribution is 6.01. The number of hydrogen-bond donors (Lipinski definition) is 4. The van der Waals surface area contributed by atoms with Crippen LogP contribution in [-0.2, 0) is 16.1 Å². The summed E-state index contributed by atoms with van der Waals surface area (Å²) in [6.07, 6.45) is 8.15. The minimum Gasteiger partial charge on any atom is -0.374 e. The Morgan fingerprint density at radius 2 is 1.61 bits per heavy atom. The Morgan fingerprint density at radius 1 is 0.909 bits per heavy atom. The number of anilines is 4. The molecule has 2 aromatic carbocycles. The lowest BCUT2D eigenvalue weighted by molar-refractivity contribution is -0.133. The fourth-order valence-corrected chi connectivity index (χ4v) is 6.32. The fraction of sp³-hybridized carbons (Fsp3) is 0.424. The fourth-order valence-electron chi connectivity index (χ4n) is 6.32. The Hall–Kier alpha value is -4.51. The average molecular weight is 597 g/mol. The number of rotatable bonds is 9. The van der Waals surface area contributed by atoms with E-state index in [0.29, 0.717) is 24.6 Å². The predicted molar refractivity (Wildman–Crippen MR) is 170 cm³/mol. The van der Waals surface area contributed by atoms with Crippen LogP contribution in [0.2, 0.25) is 0 Å². The first-order valence-corrected chi connectivity index (χ1v) is 15.6. The molecule has 0 radical (unpaired) electrons. The molecule has 0 bridgehead atoms. The van der Waals surface area contributed by atoms with Gasteiger partial charge in [-0.25, -0.2) is 9.97 Å². The lowest BCUT2D eigenvalue weighted by atomic mass is 9.89. The second-order valence-electron chi connectivity index (χ2n) is 12.0. The van der Waals surface area contributed by atoms with Gasteiger partial charge in [-0.3, -0.25) is 24.6 Å². The standard InChI is InChI=1S/C33H40N8O3/c34-31(43)30-32(38-28(20-35-30)41-16-2-1-3-17-41)37-26-10-6-23(7-11-26)24-14-18-40(19-15-24)21-22-4-8-25(9-5-22)36-27-12-13-29(42)39-33(27)44/h4-11,20,24,27,36H,1-3,12-19,21H2,(H2,34,43)(H,37,38)(H,39,42,44). The topological polar surface area (TPSA) is 146 Å². The zero-order valence-corrected chi connectivity index (χ0v) is 24.9. The number of nitrogens with one attached hydrogen (secondary N) is 3. The summed E-state index contributed by atoms with van der Waals surface area (Å²) in [6, 6.07) is 16.2. The first kappa shape index (κ1) is 29.6. The smallest absolute Gasteiger partial charge is 0.271 e. The second kappa shape index (κ2) is 13.4. The maximum atomic E-state index is 12.0. The van der Waals surface area contributed by atoms with E-state index in [-0.39, 0.29) is 23.6 Å². The Balaban J connectivity index is 1.01. The first-order valence-electron chi connectivity index (χ1n) is 15.6. The quantitative estimate of drug-likeness (QED) is 0.270. The van der Waals surface area contributed by atoms with Crippen LogP contribution < -0.4 is 26.6 Å². The van der Waals surface area contributed by atoms with E-state index in [4.69, 9.17) is 10.7 Å². The summed E-state index contributed by atoms with van der Waals surface area (Å²) >= 11 is 0. The van der Waals surface area contributed by atoms with Crippen LogP contribution in [0.3, 0.4) is 0 Å². The summed E-state index contributed by atoms with van der Waals surface area (Å²) < 4.78 is 0. The van der Waals surface area contributed by atoms with Gasteiger partial charge in [0.05, 0.1) is 6.20 Å². The van der Waals surface area contributed by atoms with Gasteiger partial charge in [0.2, 0.25) is 11.8 Å². The van der Waals surface area contributed by atoms with E-state index in [1.54, 1.807) is 6.20 Å². The van der Waals surface area contributed by atoms with E-state index in [2.05, 4.69) is 55.0 Å². The Morgan fingerprint density at radius 3 is 2.30 bits per heavy atom. The molecule has 5 N–H and O–H groups in total. The van der Waals surface area contributed by atoms with Crippen molar-refractivity contribution in [3.8, 4) is 0 Å². The third-order valence-corrected chi connectivity index (χ3v) is 8.85. The van der Waals surface area contributed by atoms with Gasteiger partial charge in [0, 0.05) is 37.4 Å². The van der Waals surface area contributed by atoms with Crippen LogP contribution in [0.25, 0.3) is 0 Å². The molecule has 3 saturated heterocycles. The van der Waals surface area contributed by atoms with Crippen molar-refractivity contribution in [2.45, 2.75) is 63.5 Å². The number of piperidine rings is 3. The van der Waals surface area contributed by atoms with Crippen LogP contribution in [0, 0.1) is 0 Å². The highest BCUT2D eigenvalue weighted by atomic mass is 16.2. The van der Waals surface area contributed by atoms with E-state index < -0.39 is 5.91 Å². The molecule has 3 aliphatic rings. The molecule has 3 aromatic rings. The van der Waals surface area contributed by atoms with Gasteiger partial charge in [-0.15, -0.1) is 0 Å². The molecule has 6 rings (SSSR count). The molecule has 0 aliphatic carbocycles. The number of imide groups is 1. The van der Waals surface area contributed by atoms with Crippen LogP contribution in [0.5, 0.6) is 0 Å². The number of carbonyl (C=O) groups is 3. The van der Waals surface area contributed by atoms with Crippen molar-refractivity contribution in [3.05, 3.63) is 71.5 Å². The number of benzene rings is 2. The number of carbonyl (C=O) groups excluding carboxylic acids is 3. The molecule has 4 heterocycles. The molecule has 3 aliphatic heterocycles. The molecule has 230 valence electrons. The molecule has 11 heteroatoms. The molecular formula is C33H40N8O3. The number of aromatic nitrogens is 2. The van der Waals surface area contributed by atoms with Gasteiger partial charge >= 0.3 is 0 Å². The maximum absolute atomic E-state index is 12.0. The van der Waals surface area contributed by atoms with Crippen molar-refractivity contribution in [1.82, 2.24) is 20.2 Å². The number of amides is 3. The Labute approximate surface area is 257 Å². The molecular weight excluding hydrogens is 556 g/mol. The van der Waals surface area contributed by atoms with Crippen LogP contribution in [-0.4, -0.2) is 64.8 Å². The predicted octanol–water partition coefficient (Wildman–Crippen LogP) is 3.91. The number of nitrogens with zero attached hydrogens (tertiary/aromatic N) is 4. The highest BCUT2D eigenvalue weighted by Crippen LogP contribution is 2.31. The monoisotopic (exact) mass is 596 g/mol. The zero-order valence-electron chi connectivity index (χ0n) is 24.9. The van der Waals surface area contributed by atoms with Crippen molar-refractivity contribution >= 4 is 40.7 Å². The summed E-state index contributed by atoms with van der Waals surface area (Å²) in [5, 5.41) is 8.91. The summed E-state index contributed by atoms with van der Waals surface area (Å²) in [5.41, 5.74) is 10.0. The lowest BCUT2D eigenvalue weighted by Gasteiger charge is -2.32. The van der Waals surface area contributed by atoms with Crippen molar-refractivity contribution < 1.29 is 14.4 Å². The van der Waals surface area contributed by atoms with E-state index in [1.165, 1.54) is 17.5 Å². The molecule has 3 amide bonds. The summed E-state index contributed by atoms with van der Waals surface area (Å²) in [5.74, 6) is 0.573. The average Bonchev–Trinajstić information content (AvgIpc) is 3.04. The van der Waals surface area contributed by atoms with E-state index in [0.717, 1.165) is 75.6 Å². The van der Waals surface area contributed by atoms with E-state index in [1.807, 2.05) is 24.3 Å². The SMILES string of the molecule is NC(=O)c1ncc(N2CCCCC2)nc1Nc1ccc(C2CCN(Cc3ccc(NC4CCC(=O)NC4=O)cc3)CC2)cc1. The van der Waals surface area contributed by atoms with Crippen molar-refractivity contribution in [1.29, 1.82) is 0 Å². The van der Waals surface area contributed by atoms with Crippen molar-refractivity contribution in [3.63, 3.8) is 0 Å². The molecule has 44 heavy (non-hydrogen) atoms. The van der Waals surface area contributed by atoms with Crippen molar-refractivity contribution in [2.75, 3.05) is 41.7 Å². The molecule has 1 atom stereocenters. The normalized spacial score (nSPS) is 19.8. The maximum Gasteiger partial charge on any atom is 0.271 e. The lowest BCUT2D eigenvalue weighted by Crippen LogP contribution is -2.47. The van der Waals surface area contributed by atoms with Crippen LogP contribution >= 0.6 is 0 Å². The molecule has 0 spiro atoms. The first-order chi connectivity index (χ1) is 21.4. The number of hydrogen-bond acceptors (Lipinski definition) is 9. The molecule has 0 saturated carbocycles. The molecule has 3 fully saturated rings. The van der Waals surface area contributed by atoms with Gasteiger partial charge in [0.1, 0.15) is 11.9 Å². The zero-order chi connectivity index (χ0) is 30.5. The minimum absolute atomic E-state index is 0.141. The molecule has 11 nitrogen and oxygen atoms in total. The summed E-state index contributed by atoms with van der Waals surface area (Å²) in [6.45, 7) is 4.79. The van der Waals surface area contributed by atoms with Gasteiger partial charge < -0.3 is 21.3 Å². The Kier molecular flexibility index (Phi) is 9.02. The molecule has 1 aromatic heterocycles. The van der Waals surface area contributed by atoms with Gasteiger partial charge in [-0.2, -0.15) is 0 Å². The summed E-state index contributed by atoms with van der Waals surface area (Å²) in [7, 11) is 0.